The lowest BCUT2D eigenvalue weighted by molar-refractivity contribution is -0.127. The Morgan fingerprint density at radius 1 is 1.12 bits per heavy atom. The lowest BCUT2D eigenvalue weighted by atomic mass is 9.77. The van der Waals surface area contributed by atoms with Crippen molar-refractivity contribution >= 4 is 5.91 Å². The summed E-state index contributed by atoms with van der Waals surface area (Å²) < 4.78 is 13.3. The maximum Gasteiger partial charge on any atom is 0.231 e. The van der Waals surface area contributed by atoms with Gasteiger partial charge in [-0.25, -0.2) is 4.39 Å². The van der Waals surface area contributed by atoms with Crippen LogP contribution in [0.1, 0.15) is 54.8 Å². The van der Waals surface area contributed by atoms with Crippen molar-refractivity contribution in [3.8, 4) is 5.75 Å². The zero-order valence-electron chi connectivity index (χ0n) is 14.1. The van der Waals surface area contributed by atoms with E-state index in [4.69, 9.17) is 0 Å². The van der Waals surface area contributed by atoms with Crippen molar-refractivity contribution in [1.82, 2.24) is 5.32 Å². The van der Waals surface area contributed by atoms with Gasteiger partial charge in [0.15, 0.2) is 0 Å². The highest BCUT2D eigenvalue weighted by atomic mass is 19.1. The Morgan fingerprint density at radius 3 is 2.56 bits per heavy atom. The van der Waals surface area contributed by atoms with Gasteiger partial charge in [-0.1, -0.05) is 37.1 Å². The van der Waals surface area contributed by atoms with Gasteiger partial charge in [-0.2, -0.15) is 0 Å². The first-order chi connectivity index (χ1) is 12.1. The molecule has 1 fully saturated rings. The maximum absolute atomic E-state index is 13.3. The van der Waals surface area contributed by atoms with E-state index in [1.807, 2.05) is 12.1 Å². The van der Waals surface area contributed by atoms with Gasteiger partial charge in [0.25, 0.3) is 0 Å². The number of hydrogen-bond acceptors (Lipinski definition) is 2. The molecule has 0 aromatic heterocycles. The van der Waals surface area contributed by atoms with Crippen molar-refractivity contribution in [2.24, 2.45) is 0 Å². The fourth-order valence-electron chi connectivity index (χ4n) is 4.48. The zero-order chi connectivity index (χ0) is 17.4. The van der Waals surface area contributed by atoms with Gasteiger partial charge in [0.1, 0.15) is 11.6 Å². The molecule has 2 aromatic carbocycles. The van der Waals surface area contributed by atoms with Gasteiger partial charge in [-0.15, -0.1) is 0 Å². The molecule has 2 N–H and O–H groups in total. The highest BCUT2D eigenvalue weighted by Crippen LogP contribution is 2.43. The molecule has 3 nitrogen and oxygen atoms in total. The highest BCUT2D eigenvalue weighted by molar-refractivity contribution is 5.89. The first-order valence-corrected chi connectivity index (χ1v) is 8.98. The van der Waals surface area contributed by atoms with E-state index in [1.54, 1.807) is 18.2 Å². The van der Waals surface area contributed by atoms with E-state index in [0.29, 0.717) is 5.75 Å². The van der Waals surface area contributed by atoms with Crippen LogP contribution >= 0.6 is 0 Å². The number of hydrogen-bond donors (Lipinski definition) is 2. The number of amides is 1. The summed E-state index contributed by atoms with van der Waals surface area (Å²) in [5, 5.41) is 13.2. The second-order valence-electron chi connectivity index (χ2n) is 7.21. The predicted molar refractivity (Wildman–Crippen MR) is 93.9 cm³/mol. The van der Waals surface area contributed by atoms with Crippen molar-refractivity contribution in [2.45, 2.75) is 50.0 Å². The molecular formula is C21H22FNO2. The maximum atomic E-state index is 13.3. The highest BCUT2D eigenvalue weighted by Gasteiger charge is 2.43. The molecule has 2 aliphatic rings. The summed E-state index contributed by atoms with van der Waals surface area (Å²) in [7, 11) is 0. The molecule has 130 valence electrons. The summed E-state index contributed by atoms with van der Waals surface area (Å²) in [6, 6.07) is 11.8. The smallest absolute Gasteiger partial charge is 0.231 e. The molecule has 0 radical (unpaired) electrons. The van der Waals surface area contributed by atoms with E-state index >= 15 is 0 Å². The third kappa shape index (κ3) is 2.70. The fraction of sp³-hybridized carbons (Fsp3) is 0.381. The number of halogens is 1. The van der Waals surface area contributed by atoms with E-state index in [-0.39, 0.29) is 17.8 Å². The fourth-order valence-corrected chi connectivity index (χ4v) is 4.48. The Balaban J connectivity index is 1.61. The van der Waals surface area contributed by atoms with Crippen LogP contribution in [-0.2, 0) is 16.6 Å². The molecule has 2 aliphatic carbocycles. The average molecular weight is 339 g/mol. The summed E-state index contributed by atoms with van der Waals surface area (Å²) in [4.78, 5) is 13.2. The Morgan fingerprint density at radius 2 is 1.84 bits per heavy atom. The molecule has 0 heterocycles. The summed E-state index contributed by atoms with van der Waals surface area (Å²) in [6.45, 7) is 0. The quantitative estimate of drug-likeness (QED) is 0.883. The molecule has 1 amide bonds. The van der Waals surface area contributed by atoms with Crippen LogP contribution in [0.15, 0.2) is 42.5 Å². The van der Waals surface area contributed by atoms with Gasteiger partial charge in [0.05, 0.1) is 11.5 Å². The third-order valence-corrected chi connectivity index (χ3v) is 5.84. The van der Waals surface area contributed by atoms with Crippen LogP contribution in [0.5, 0.6) is 5.75 Å². The lowest BCUT2D eigenvalue weighted by Crippen LogP contribution is -2.43. The van der Waals surface area contributed by atoms with E-state index < -0.39 is 5.41 Å². The molecular weight excluding hydrogens is 317 g/mol. The molecule has 4 rings (SSSR count). The van der Waals surface area contributed by atoms with E-state index in [0.717, 1.165) is 55.2 Å². The van der Waals surface area contributed by atoms with Gasteiger partial charge in [-0.05, 0) is 60.6 Å². The largest absolute Gasteiger partial charge is 0.508 e. The van der Waals surface area contributed by atoms with E-state index in [9.17, 15) is 14.3 Å². The standard InChI is InChI=1S/C21H22FNO2/c22-15-8-6-14(7-9-15)21(12-1-2-13-21)20(25)23-18-11-10-17-16(18)4-3-5-19(17)24/h3-9,18,24H,1-2,10-13H2,(H,23,25). The van der Waals surface area contributed by atoms with Crippen LogP contribution in [0.3, 0.4) is 0 Å². The second kappa shape index (κ2) is 6.17. The minimum absolute atomic E-state index is 0.0257. The van der Waals surface area contributed by atoms with Crippen LogP contribution in [0.25, 0.3) is 0 Å². The molecule has 25 heavy (non-hydrogen) atoms. The predicted octanol–water partition coefficient (Wildman–Crippen LogP) is 4.15. The normalized spacial score (nSPS) is 21.1. The van der Waals surface area contributed by atoms with Gasteiger partial charge < -0.3 is 10.4 Å². The minimum atomic E-state index is -0.562. The number of fused-ring (bicyclic) bond motifs is 1. The summed E-state index contributed by atoms with van der Waals surface area (Å²) in [5.74, 6) is 0.0543. The first kappa shape index (κ1) is 16.1. The summed E-state index contributed by atoms with van der Waals surface area (Å²) in [6.07, 6.45) is 5.18. The third-order valence-electron chi connectivity index (χ3n) is 5.84. The van der Waals surface area contributed by atoms with Crippen LogP contribution in [0.4, 0.5) is 4.39 Å². The molecule has 0 aliphatic heterocycles. The molecule has 0 spiro atoms. The Labute approximate surface area is 146 Å². The Hall–Kier alpha value is -2.36. The van der Waals surface area contributed by atoms with Crippen molar-refractivity contribution in [2.75, 3.05) is 0 Å². The molecule has 1 unspecified atom stereocenters. The number of carbonyl (C=O) groups excluding carboxylic acids is 1. The topological polar surface area (TPSA) is 49.3 Å². The van der Waals surface area contributed by atoms with Crippen molar-refractivity contribution in [3.63, 3.8) is 0 Å². The SMILES string of the molecule is O=C(NC1CCc2c(O)cccc21)C1(c2ccc(F)cc2)CCCC1. The van der Waals surface area contributed by atoms with E-state index in [2.05, 4.69) is 5.32 Å². The van der Waals surface area contributed by atoms with Gasteiger partial charge in [0.2, 0.25) is 5.91 Å². The van der Waals surface area contributed by atoms with Gasteiger partial charge >= 0.3 is 0 Å². The Bertz CT molecular complexity index is 794. The molecule has 1 atom stereocenters. The zero-order valence-corrected chi connectivity index (χ0v) is 14.1. The van der Waals surface area contributed by atoms with Crippen molar-refractivity contribution in [1.29, 1.82) is 0 Å². The number of carbonyl (C=O) groups is 1. The number of phenolic OH excluding ortho intramolecular Hbond substituents is 1. The molecule has 1 saturated carbocycles. The minimum Gasteiger partial charge on any atom is -0.508 e. The van der Waals surface area contributed by atoms with Crippen molar-refractivity contribution in [3.05, 3.63) is 65.0 Å². The van der Waals surface area contributed by atoms with Crippen LogP contribution in [-0.4, -0.2) is 11.0 Å². The number of benzene rings is 2. The van der Waals surface area contributed by atoms with Crippen LogP contribution in [0.2, 0.25) is 0 Å². The summed E-state index contributed by atoms with van der Waals surface area (Å²) >= 11 is 0. The number of aromatic hydroxyl groups is 1. The van der Waals surface area contributed by atoms with Crippen LogP contribution in [0, 0.1) is 5.82 Å². The monoisotopic (exact) mass is 339 g/mol. The van der Waals surface area contributed by atoms with Gasteiger partial charge in [0, 0.05) is 0 Å². The van der Waals surface area contributed by atoms with E-state index in [1.165, 1.54) is 12.1 Å². The molecule has 0 saturated heterocycles. The average Bonchev–Trinajstić information content (AvgIpc) is 3.25. The number of phenols is 1. The molecule has 4 heteroatoms. The second-order valence-corrected chi connectivity index (χ2v) is 7.21. The Kier molecular flexibility index (Phi) is 3.98. The van der Waals surface area contributed by atoms with Crippen molar-refractivity contribution < 1.29 is 14.3 Å². The van der Waals surface area contributed by atoms with Crippen LogP contribution < -0.4 is 5.32 Å². The number of rotatable bonds is 3. The first-order valence-electron chi connectivity index (χ1n) is 8.98. The lowest BCUT2D eigenvalue weighted by Gasteiger charge is -2.30. The molecule has 0 bridgehead atoms. The molecule has 2 aromatic rings. The summed E-state index contributed by atoms with van der Waals surface area (Å²) in [5.41, 5.74) is 2.29. The van der Waals surface area contributed by atoms with Gasteiger partial charge in [-0.3, -0.25) is 4.79 Å². The number of nitrogens with one attached hydrogen (secondary N) is 1.